The molecule has 21 heavy (non-hydrogen) atoms. The van der Waals surface area contributed by atoms with E-state index in [0.29, 0.717) is 37.0 Å². The van der Waals surface area contributed by atoms with E-state index < -0.39 is 5.54 Å². The number of aromatic nitrogens is 2. The summed E-state index contributed by atoms with van der Waals surface area (Å²) in [6, 6.07) is 0. The van der Waals surface area contributed by atoms with E-state index in [9.17, 15) is 0 Å². The van der Waals surface area contributed by atoms with Crippen LogP contribution in [0.1, 0.15) is 51.7 Å². The number of nitrogens with two attached hydrogens (primary N) is 1. The summed E-state index contributed by atoms with van der Waals surface area (Å²) in [5, 5.41) is 4.01. The van der Waals surface area contributed by atoms with Crippen molar-refractivity contribution in [2.45, 2.75) is 58.1 Å². The molecule has 0 amide bonds. The lowest BCUT2D eigenvalue weighted by Gasteiger charge is -2.33. The second kappa shape index (κ2) is 7.33. The fourth-order valence-electron chi connectivity index (χ4n) is 2.52. The van der Waals surface area contributed by atoms with Gasteiger partial charge < -0.3 is 19.7 Å². The molecule has 6 heteroatoms. The highest BCUT2D eigenvalue weighted by atomic mass is 16.5. The molecular weight excluding hydrogens is 270 g/mol. The van der Waals surface area contributed by atoms with E-state index in [0.717, 1.165) is 32.3 Å². The van der Waals surface area contributed by atoms with Crippen molar-refractivity contribution in [1.82, 2.24) is 10.1 Å². The predicted molar refractivity (Wildman–Crippen MR) is 78.8 cm³/mol. The molecule has 0 spiro atoms. The Balaban J connectivity index is 1.81. The lowest BCUT2D eigenvalue weighted by atomic mass is 9.80. The van der Waals surface area contributed by atoms with Crippen molar-refractivity contribution >= 4 is 0 Å². The number of nitrogens with zero attached hydrogens (tertiary/aromatic N) is 2. The van der Waals surface area contributed by atoms with Crippen LogP contribution in [0.15, 0.2) is 4.52 Å². The smallest absolute Gasteiger partial charge is 0.226 e. The molecule has 0 aromatic carbocycles. The molecule has 1 aromatic rings. The summed E-state index contributed by atoms with van der Waals surface area (Å²) in [7, 11) is 0. The van der Waals surface area contributed by atoms with E-state index in [1.165, 1.54) is 0 Å². The van der Waals surface area contributed by atoms with Crippen LogP contribution in [0.4, 0.5) is 0 Å². The van der Waals surface area contributed by atoms with Gasteiger partial charge in [0.05, 0.1) is 12.7 Å². The number of rotatable bonds is 9. The zero-order chi connectivity index (χ0) is 15.3. The van der Waals surface area contributed by atoms with E-state index in [-0.39, 0.29) is 0 Å². The molecule has 1 aromatic heterocycles. The Morgan fingerprint density at radius 3 is 2.81 bits per heavy atom. The van der Waals surface area contributed by atoms with Crippen molar-refractivity contribution in [3.05, 3.63) is 11.7 Å². The summed E-state index contributed by atoms with van der Waals surface area (Å²) >= 11 is 0. The maximum atomic E-state index is 6.20. The Hall–Kier alpha value is -0.980. The largest absolute Gasteiger partial charge is 0.379 e. The minimum Gasteiger partial charge on any atom is -0.379 e. The zero-order valence-electron chi connectivity index (χ0n) is 13.3. The van der Waals surface area contributed by atoms with E-state index in [2.05, 4.69) is 17.1 Å². The third kappa shape index (κ3) is 4.49. The summed E-state index contributed by atoms with van der Waals surface area (Å²) < 4.78 is 16.4. The number of hydrogen-bond donors (Lipinski definition) is 1. The van der Waals surface area contributed by atoms with Gasteiger partial charge in [0.25, 0.3) is 0 Å². The maximum Gasteiger partial charge on any atom is 0.226 e. The van der Waals surface area contributed by atoms with Gasteiger partial charge in [-0.3, -0.25) is 0 Å². The molecule has 1 aliphatic carbocycles. The molecule has 2 N–H and O–H groups in total. The first-order valence-corrected chi connectivity index (χ1v) is 7.86. The molecule has 2 rings (SSSR count). The van der Waals surface area contributed by atoms with E-state index >= 15 is 0 Å². The Morgan fingerprint density at radius 2 is 2.14 bits per heavy atom. The summed E-state index contributed by atoms with van der Waals surface area (Å²) in [6.45, 7) is 7.83. The number of ether oxygens (including phenoxy) is 2. The van der Waals surface area contributed by atoms with Crippen LogP contribution in [0, 0.1) is 5.92 Å². The fourth-order valence-corrected chi connectivity index (χ4v) is 2.52. The highest BCUT2D eigenvalue weighted by Gasteiger charge is 2.32. The topological polar surface area (TPSA) is 83.4 Å². The van der Waals surface area contributed by atoms with Gasteiger partial charge in [0.2, 0.25) is 5.89 Å². The predicted octanol–water partition coefficient (Wildman–Crippen LogP) is 2.03. The third-order valence-electron chi connectivity index (χ3n) is 3.79. The first-order chi connectivity index (χ1) is 10.0. The van der Waals surface area contributed by atoms with Gasteiger partial charge in [0.15, 0.2) is 5.82 Å². The van der Waals surface area contributed by atoms with Gasteiger partial charge in [-0.15, -0.1) is 0 Å². The first-order valence-electron chi connectivity index (χ1n) is 7.86. The Kier molecular flexibility index (Phi) is 5.72. The minimum absolute atomic E-state index is 0.398. The Labute approximate surface area is 126 Å². The van der Waals surface area contributed by atoms with E-state index in [1.807, 2.05) is 13.8 Å². The molecule has 1 atom stereocenters. The van der Waals surface area contributed by atoms with Gasteiger partial charge >= 0.3 is 0 Å². The lowest BCUT2D eigenvalue weighted by molar-refractivity contribution is -0.0258. The van der Waals surface area contributed by atoms with Crippen LogP contribution in [0.3, 0.4) is 0 Å². The molecule has 1 unspecified atom stereocenters. The molecule has 1 heterocycles. The quantitative estimate of drug-likeness (QED) is 0.702. The van der Waals surface area contributed by atoms with E-state index in [1.54, 1.807) is 0 Å². The molecular formula is C15H27N3O3. The highest BCUT2D eigenvalue weighted by Crippen LogP contribution is 2.32. The summed E-state index contributed by atoms with van der Waals surface area (Å²) in [5.41, 5.74) is 5.50. The van der Waals surface area contributed by atoms with Crippen molar-refractivity contribution in [2.24, 2.45) is 11.7 Å². The van der Waals surface area contributed by atoms with Crippen molar-refractivity contribution in [3.8, 4) is 0 Å². The van der Waals surface area contributed by atoms with Gasteiger partial charge in [-0.2, -0.15) is 4.98 Å². The van der Waals surface area contributed by atoms with E-state index in [4.69, 9.17) is 19.7 Å². The first kappa shape index (κ1) is 16.4. The van der Waals surface area contributed by atoms with Crippen LogP contribution >= 0.6 is 0 Å². The monoisotopic (exact) mass is 297 g/mol. The average Bonchev–Trinajstić information content (AvgIpc) is 2.86. The zero-order valence-corrected chi connectivity index (χ0v) is 13.3. The minimum atomic E-state index is -0.704. The highest BCUT2D eigenvalue weighted by molar-refractivity contribution is 5.02. The second-order valence-corrected chi connectivity index (χ2v) is 6.10. The van der Waals surface area contributed by atoms with Crippen molar-refractivity contribution in [1.29, 1.82) is 0 Å². The Bertz CT molecular complexity index is 428. The van der Waals surface area contributed by atoms with Crippen molar-refractivity contribution in [3.63, 3.8) is 0 Å². The second-order valence-electron chi connectivity index (χ2n) is 6.10. The molecule has 1 aliphatic rings. The van der Waals surface area contributed by atoms with Crippen LogP contribution in [0.2, 0.25) is 0 Å². The van der Waals surface area contributed by atoms with Crippen LogP contribution in [-0.4, -0.2) is 36.1 Å². The van der Waals surface area contributed by atoms with Crippen LogP contribution in [0.25, 0.3) is 0 Å². The summed E-state index contributed by atoms with van der Waals surface area (Å²) in [4.78, 5) is 4.43. The summed E-state index contributed by atoms with van der Waals surface area (Å²) in [6.07, 6.45) is 4.33. The van der Waals surface area contributed by atoms with Gasteiger partial charge in [0, 0.05) is 19.6 Å². The molecule has 0 bridgehead atoms. The standard InChI is InChI=1S/C15H27N3O3/c1-4-6-19-10-15(3,16)14-17-13(21-18-14)9-11-7-12(8-11)20-5-2/h11-12H,4-10,16H2,1-3H3. The van der Waals surface area contributed by atoms with Crippen molar-refractivity contribution in [2.75, 3.05) is 19.8 Å². The molecule has 6 nitrogen and oxygen atoms in total. The molecule has 1 saturated carbocycles. The van der Waals surface area contributed by atoms with Crippen LogP contribution in [-0.2, 0) is 21.4 Å². The molecule has 120 valence electrons. The van der Waals surface area contributed by atoms with Gasteiger partial charge in [0.1, 0.15) is 5.54 Å². The van der Waals surface area contributed by atoms with Gasteiger partial charge in [-0.25, -0.2) is 0 Å². The Morgan fingerprint density at radius 1 is 1.38 bits per heavy atom. The number of hydrogen-bond acceptors (Lipinski definition) is 6. The molecule has 1 fully saturated rings. The van der Waals surface area contributed by atoms with Crippen LogP contribution < -0.4 is 5.73 Å². The average molecular weight is 297 g/mol. The fraction of sp³-hybridized carbons (Fsp3) is 0.867. The molecule has 0 radical (unpaired) electrons. The molecule has 0 saturated heterocycles. The SMILES string of the molecule is CCCOCC(C)(N)c1noc(CC2CC(OCC)C2)n1. The normalized spacial score (nSPS) is 24.6. The maximum absolute atomic E-state index is 6.20. The van der Waals surface area contributed by atoms with Gasteiger partial charge in [-0.05, 0) is 39.0 Å². The van der Waals surface area contributed by atoms with Crippen molar-refractivity contribution < 1.29 is 14.0 Å². The van der Waals surface area contributed by atoms with Crippen LogP contribution in [0.5, 0.6) is 0 Å². The molecule has 0 aliphatic heterocycles. The third-order valence-corrected chi connectivity index (χ3v) is 3.79. The lowest BCUT2D eigenvalue weighted by Crippen LogP contribution is -2.39. The van der Waals surface area contributed by atoms with Gasteiger partial charge in [-0.1, -0.05) is 12.1 Å². The summed E-state index contributed by atoms with van der Waals surface area (Å²) in [5.74, 6) is 1.77.